The Balaban J connectivity index is 1.98. The Labute approximate surface area is 128 Å². The van der Waals surface area contributed by atoms with Crippen molar-refractivity contribution < 1.29 is 5.11 Å². The van der Waals surface area contributed by atoms with Crippen molar-refractivity contribution in [2.24, 2.45) is 0 Å². The highest BCUT2D eigenvalue weighted by atomic mass is 35.5. The Kier molecular flexibility index (Phi) is 4.08. The van der Waals surface area contributed by atoms with Crippen molar-refractivity contribution in [3.05, 3.63) is 54.9 Å². The van der Waals surface area contributed by atoms with E-state index in [2.05, 4.69) is 10.3 Å². The SMILES string of the molecule is OC(CCl)CNc1ccccc1-n1cnc2ccccc21. The minimum Gasteiger partial charge on any atom is -0.390 e. The van der Waals surface area contributed by atoms with E-state index >= 15 is 0 Å². The van der Waals surface area contributed by atoms with Crippen LogP contribution >= 0.6 is 11.6 Å². The molecule has 1 heterocycles. The third-order valence-corrected chi connectivity index (χ3v) is 3.68. The lowest BCUT2D eigenvalue weighted by Gasteiger charge is -2.15. The van der Waals surface area contributed by atoms with E-state index in [4.69, 9.17) is 11.6 Å². The van der Waals surface area contributed by atoms with Gasteiger partial charge in [-0.2, -0.15) is 0 Å². The van der Waals surface area contributed by atoms with Gasteiger partial charge >= 0.3 is 0 Å². The first-order chi connectivity index (χ1) is 10.3. The summed E-state index contributed by atoms with van der Waals surface area (Å²) in [6.45, 7) is 0.410. The molecular formula is C16H16ClN3O. The summed E-state index contributed by atoms with van der Waals surface area (Å²) < 4.78 is 2.03. The molecule has 0 aliphatic carbocycles. The van der Waals surface area contributed by atoms with Crippen LogP contribution in [0, 0.1) is 0 Å². The van der Waals surface area contributed by atoms with E-state index < -0.39 is 6.10 Å². The fourth-order valence-corrected chi connectivity index (χ4v) is 2.38. The van der Waals surface area contributed by atoms with Gasteiger partial charge in [-0.1, -0.05) is 24.3 Å². The zero-order chi connectivity index (χ0) is 14.7. The van der Waals surface area contributed by atoms with E-state index in [9.17, 15) is 5.11 Å². The second kappa shape index (κ2) is 6.16. The summed E-state index contributed by atoms with van der Waals surface area (Å²) in [4.78, 5) is 4.41. The van der Waals surface area contributed by atoms with Gasteiger partial charge in [0.05, 0.1) is 34.4 Å². The normalized spacial score (nSPS) is 12.5. The molecule has 0 bridgehead atoms. The molecule has 1 unspecified atom stereocenters. The lowest BCUT2D eigenvalue weighted by molar-refractivity contribution is 0.211. The predicted molar refractivity (Wildman–Crippen MR) is 86.3 cm³/mol. The number of alkyl halides is 1. The van der Waals surface area contributed by atoms with Gasteiger partial charge in [-0.25, -0.2) is 4.98 Å². The number of halogens is 1. The number of aliphatic hydroxyl groups is 1. The Morgan fingerprint density at radius 3 is 2.76 bits per heavy atom. The van der Waals surface area contributed by atoms with Crippen molar-refractivity contribution >= 4 is 28.3 Å². The fourth-order valence-electron chi connectivity index (χ4n) is 2.27. The van der Waals surface area contributed by atoms with E-state index in [1.165, 1.54) is 0 Å². The molecule has 5 heteroatoms. The number of hydrogen-bond donors (Lipinski definition) is 2. The number of imidazole rings is 1. The Morgan fingerprint density at radius 1 is 1.14 bits per heavy atom. The molecule has 0 saturated heterocycles. The maximum Gasteiger partial charge on any atom is 0.100 e. The summed E-state index contributed by atoms with van der Waals surface area (Å²) in [6, 6.07) is 15.9. The van der Waals surface area contributed by atoms with Crippen molar-refractivity contribution in [3.63, 3.8) is 0 Å². The summed E-state index contributed by atoms with van der Waals surface area (Å²) in [5, 5.41) is 12.8. The number of benzene rings is 2. The van der Waals surface area contributed by atoms with Gasteiger partial charge in [0.2, 0.25) is 0 Å². The quantitative estimate of drug-likeness (QED) is 0.712. The summed E-state index contributed by atoms with van der Waals surface area (Å²) in [7, 11) is 0. The molecule has 1 aromatic heterocycles. The monoisotopic (exact) mass is 301 g/mol. The van der Waals surface area contributed by atoms with Gasteiger partial charge in [0, 0.05) is 6.54 Å². The lowest BCUT2D eigenvalue weighted by atomic mass is 10.2. The maximum atomic E-state index is 9.60. The van der Waals surface area contributed by atoms with Crippen LogP contribution in [0.25, 0.3) is 16.7 Å². The van der Waals surface area contributed by atoms with Crippen LogP contribution in [-0.2, 0) is 0 Å². The molecule has 0 amide bonds. The second-order valence-corrected chi connectivity index (χ2v) is 5.12. The molecule has 0 spiro atoms. The van der Waals surface area contributed by atoms with Crippen LogP contribution in [0.15, 0.2) is 54.9 Å². The van der Waals surface area contributed by atoms with Gasteiger partial charge in [0.25, 0.3) is 0 Å². The van der Waals surface area contributed by atoms with Gasteiger partial charge in [0.1, 0.15) is 6.33 Å². The fraction of sp³-hybridized carbons (Fsp3) is 0.188. The Bertz CT molecular complexity index is 741. The molecule has 0 saturated carbocycles. The molecule has 3 aromatic rings. The number of aromatic nitrogens is 2. The number of nitrogens with one attached hydrogen (secondary N) is 1. The highest BCUT2D eigenvalue weighted by Gasteiger charge is 2.09. The van der Waals surface area contributed by atoms with Gasteiger partial charge in [-0.15, -0.1) is 11.6 Å². The van der Waals surface area contributed by atoms with Gasteiger partial charge in [-0.05, 0) is 24.3 Å². The lowest BCUT2D eigenvalue weighted by Crippen LogP contribution is -2.21. The van der Waals surface area contributed by atoms with E-state index in [1.807, 2.05) is 59.4 Å². The van der Waals surface area contributed by atoms with E-state index in [0.717, 1.165) is 22.4 Å². The average Bonchev–Trinajstić information content (AvgIpc) is 2.96. The molecular weight excluding hydrogens is 286 g/mol. The van der Waals surface area contributed by atoms with Crippen molar-refractivity contribution in [2.45, 2.75) is 6.10 Å². The number of fused-ring (bicyclic) bond motifs is 1. The number of hydrogen-bond acceptors (Lipinski definition) is 3. The van der Waals surface area contributed by atoms with Crippen molar-refractivity contribution in [1.29, 1.82) is 0 Å². The minimum atomic E-state index is -0.570. The summed E-state index contributed by atoms with van der Waals surface area (Å²) >= 11 is 5.63. The zero-order valence-electron chi connectivity index (χ0n) is 11.4. The largest absolute Gasteiger partial charge is 0.390 e. The Morgan fingerprint density at radius 2 is 1.90 bits per heavy atom. The summed E-state index contributed by atoms with van der Waals surface area (Å²) in [5.41, 5.74) is 3.93. The highest BCUT2D eigenvalue weighted by molar-refractivity contribution is 6.18. The van der Waals surface area contributed by atoms with E-state index in [-0.39, 0.29) is 5.88 Å². The predicted octanol–water partition coefficient (Wildman–Crippen LogP) is 3.04. The maximum absolute atomic E-state index is 9.60. The third-order valence-electron chi connectivity index (χ3n) is 3.32. The molecule has 2 N–H and O–H groups in total. The number of nitrogens with zero attached hydrogens (tertiary/aromatic N) is 2. The molecule has 0 radical (unpaired) electrons. The first-order valence-corrected chi connectivity index (χ1v) is 7.32. The molecule has 1 atom stereocenters. The van der Waals surface area contributed by atoms with Crippen LogP contribution in [-0.4, -0.2) is 33.2 Å². The molecule has 0 aliphatic rings. The van der Waals surface area contributed by atoms with Gasteiger partial charge < -0.3 is 10.4 Å². The minimum absolute atomic E-state index is 0.211. The average molecular weight is 302 g/mol. The van der Waals surface area contributed by atoms with Crippen molar-refractivity contribution in [2.75, 3.05) is 17.7 Å². The second-order valence-electron chi connectivity index (χ2n) is 4.81. The van der Waals surface area contributed by atoms with Crippen LogP contribution in [0.3, 0.4) is 0 Å². The van der Waals surface area contributed by atoms with Crippen LogP contribution in [0.2, 0.25) is 0 Å². The number of aliphatic hydroxyl groups excluding tert-OH is 1. The highest BCUT2D eigenvalue weighted by Crippen LogP contribution is 2.24. The van der Waals surface area contributed by atoms with Gasteiger partial charge in [-0.3, -0.25) is 4.57 Å². The molecule has 108 valence electrons. The van der Waals surface area contributed by atoms with Crippen molar-refractivity contribution in [1.82, 2.24) is 9.55 Å². The number of anilines is 1. The third kappa shape index (κ3) is 2.86. The molecule has 2 aromatic carbocycles. The topological polar surface area (TPSA) is 50.1 Å². The number of rotatable bonds is 5. The van der Waals surface area contributed by atoms with Crippen LogP contribution in [0.1, 0.15) is 0 Å². The first-order valence-electron chi connectivity index (χ1n) is 6.79. The van der Waals surface area contributed by atoms with Crippen LogP contribution in [0.4, 0.5) is 5.69 Å². The molecule has 3 rings (SSSR count). The van der Waals surface area contributed by atoms with E-state index in [0.29, 0.717) is 6.54 Å². The molecule has 21 heavy (non-hydrogen) atoms. The first kappa shape index (κ1) is 13.9. The molecule has 4 nitrogen and oxygen atoms in total. The molecule has 0 fully saturated rings. The molecule has 0 aliphatic heterocycles. The van der Waals surface area contributed by atoms with E-state index in [1.54, 1.807) is 0 Å². The van der Waals surface area contributed by atoms with Gasteiger partial charge in [0.15, 0.2) is 0 Å². The van der Waals surface area contributed by atoms with Crippen LogP contribution < -0.4 is 5.32 Å². The standard InChI is InChI=1S/C16H16ClN3O/c17-9-12(21)10-18-13-5-1-3-7-15(13)20-11-19-14-6-2-4-8-16(14)20/h1-8,11-12,18,21H,9-10H2. The Hall–Kier alpha value is -2.04. The summed E-state index contributed by atoms with van der Waals surface area (Å²) in [5.74, 6) is 0.211. The zero-order valence-corrected chi connectivity index (χ0v) is 12.2. The van der Waals surface area contributed by atoms with Crippen molar-refractivity contribution in [3.8, 4) is 5.69 Å². The number of para-hydroxylation sites is 4. The van der Waals surface area contributed by atoms with Crippen LogP contribution in [0.5, 0.6) is 0 Å². The smallest absolute Gasteiger partial charge is 0.100 e. The summed E-state index contributed by atoms with van der Waals surface area (Å²) in [6.07, 6.45) is 1.24.